The maximum atomic E-state index is 14.9. The van der Waals surface area contributed by atoms with E-state index in [0.29, 0.717) is 0 Å². The van der Waals surface area contributed by atoms with Gasteiger partial charge in [-0.2, -0.15) is 119 Å². The van der Waals surface area contributed by atoms with Crippen molar-refractivity contribution in [1.29, 1.82) is 0 Å². The second-order valence-corrected chi connectivity index (χ2v) is 9.52. The van der Waals surface area contributed by atoms with Gasteiger partial charge >= 0.3 is 71.8 Å². The van der Waals surface area contributed by atoms with Gasteiger partial charge in [-0.15, -0.1) is 0 Å². The minimum Gasteiger partial charge on any atom is -0.237 e. The van der Waals surface area contributed by atoms with Crippen molar-refractivity contribution in [1.82, 2.24) is 0 Å². The van der Waals surface area contributed by atoms with Gasteiger partial charge in [0.15, 0.2) is 0 Å². The molecule has 287 valence electrons. The van der Waals surface area contributed by atoms with Gasteiger partial charge in [0.25, 0.3) is 0 Å². The zero-order valence-corrected chi connectivity index (χ0v) is 21.9. The van der Waals surface area contributed by atoms with Crippen molar-refractivity contribution < 1.29 is 124 Å². The second-order valence-electron chi connectivity index (χ2n) is 9.52. The molecule has 0 amide bonds. The quantitative estimate of drug-likeness (QED) is 0.188. The van der Waals surface area contributed by atoms with Gasteiger partial charge < -0.3 is 0 Å². The molecule has 0 aliphatic rings. The van der Waals surface area contributed by atoms with Crippen LogP contribution in [0.1, 0.15) is 28.7 Å². The topological polar surface area (TPSA) is 19.9 Å². The predicted molar refractivity (Wildman–Crippen MR) is 99.8 cm³/mol. The minimum atomic E-state index is -8.39. The largest absolute Gasteiger partial charge is 0.460 e. The molecule has 0 aliphatic carbocycles. The monoisotopic (exact) mass is 789 g/mol. The predicted octanol–water partition coefficient (Wildman–Crippen LogP) is 10.8. The van der Waals surface area contributed by atoms with Crippen LogP contribution in [0, 0.1) is 0 Å². The van der Waals surface area contributed by atoms with Crippen LogP contribution < -0.4 is 0 Å². The first-order valence-electron chi connectivity index (χ1n) is 11.4. The number of rotatable bonds is 12. The van der Waals surface area contributed by atoms with Crippen LogP contribution in [0.25, 0.3) is 0 Å². The lowest BCUT2D eigenvalue weighted by atomic mass is 9.81. The number of benzene rings is 1. The molecule has 1 aromatic rings. The Bertz CT molecular complexity index is 1270. The first-order valence-corrected chi connectivity index (χ1v) is 11.4. The van der Waals surface area contributed by atoms with E-state index in [0.717, 1.165) is 0 Å². The molecule has 0 unspecified atom stereocenters. The zero-order valence-electron chi connectivity index (χ0n) is 21.9. The average molecular weight is 789 g/mol. The molecule has 0 bridgehead atoms. The van der Waals surface area contributed by atoms with E-state index >= 15 is 0 Å². The maximum Gasteiger partial charge on any atom is 0.460 e. The number of alkyl halides is 27. The molecular weight excluding hydrogens is 781 g/mol. The van der Waals surface area contributed by atoms with E-state index in [1.807, 2.05) is 0 Å². The molecule has 1 radical (unpaired) electrons. The summed E-state index contributed by atoms with van der Waals surface area (Å²) >= 11 is 0. The maximum absolute atomic E-state index is 14.9. The van der Waals surface area contributed by atoms with E-state index in [4.69, 9.17) is 0 Å². The molecule has 0 spiro atoms. The number of halogens is 27. The van der Waals surface area contributed by atoms with E-state index in [2.05, 4.69) is 0 Å². The van der Waals surface area contributed by atoms with E-state index < -0.39 is 126 Å². The highest BCUT2D eigenvalue weighted by Gasteiger charge is 2.85. The molecule has 49 heavy (non-hydrogen) atoms. The van der Waals surface area contributed by atoms with Crippen LogP contribution in [-0.2, 0) is 29.3 Å². The Kier molecular flexibility index (Phi) is 10.8. The number of hydrogen-bond acceptors (Lipinski definition) is 0. The van der Waals surface area contributed by atoms with Crippen LogP contribution >= 0.6 is 0 Å². The van der Waals surface area contributed by atoms with E-state index in [9.17, 15) is 124 Å². The summed E-state index contributed by atoms with van der Waals surface area (Å²) in [5, 5.41) is 10.7. The smallest absolute Gasteiger partial charge is 0.237 e. The molecule has 0 aromatic heterocycles. The molecule has 0 saturated heterocycles. The van der Waals surface area contributed by atoms with Crippen LogP contribution in [0.15, 0.2) is 12.1 Å². The SMILES string of the molecule is [O]CCCc1c(C(F)(F)C(F)(F)C(F)(F)C(F)(F)F)cc(C(F)(F)C(F)(F)C(F)(F)C(F)(F)F)cc1C(F)(F)C(F)(F)C(F)(F)C(F)(F)F. The summed E-state index contributed by atoms with van der Waals surface area (Å²) < 4.78 is 367. The Morgan fingerprint density at radius 1 is 0.367 bits per heavy atom. The first kappa shape index (κ1) is 44.3. The summed E-state index contributed by atoms with van der Waals surface area (Å²) in [6, 6.07) is -4.44. The minimum absolute atomic E-state index is 1.92. The number of hydrogen-bond donors (Lipinski definition) is 0. The van der Waals surface area contributed by atoms with Crippen molar-refractivity contribution in [3.63, 3.8) is 0 Å². The summed E-state index contributed by atoms with van der Waals surface area (Å²) in [5.41, 5.74) is -16.3. The average Bonchev–Trinajstić information content (AvgIpc) is 2.88. The molecule has 1 aromatic carbocycles. The Hall–Kier alpha value is -2.71. The Morgan fingerprint density at radius 2 is 0.612 bits per heavy atom. The highest BCUT2D eigenvalue weighted by atomic mass is 19.4. The van der Waals surface area contributed by atoms with Crippen LogP contribution in [-0.4, -0.2) is 60.7 Å². The molecule has 0 N–H and O–H groups in total. The van der Waals surface area contributed by atoms with Gasteiger partial charge in [0, 0.05) is 16.7 Å². The molecule has 0 saturated carbocycles. The van der Waals surface area contributed by atoms with Gasteiger partial charge in [0.1, 0.15) is 0 Å². The molecular formula is C21H8F27O. The Labute approximate surface area is 250 Å². The molecule has 1 rings (SSSR count). The zero-order chi connectivity index (χ0) is 39.8. The van der Waals surface area contributed by atoms with Crippen molar-refractivity contribution >= 4 is 0 Å². The Morgan fingerprint density at radius 3 is 0.837 bits per heavy atom. The summed E-state index contributed by atoms with van der Waals surface area (Å²) in [7, 11) is 0. The van der Waals surface area contributed by atoms with Crippen LogP contribution in [0.4, 0.5) is 119 Å². The third kappa shape index (κ3) is 6.28. The van der Waals surface area contributed by atoms with Gasteiger partial charge in [-0.25, -0.2) is 5.11 Å². The fourth-order valence-corrected chi connectivity index (χ4v) is 3.58. The van der Waals surface area contributed by atoms with Crippen molar-refractivity contribution in [3.05, 3.63) is 34.4 Å². The van der Waals surface area contributed by atoms with Crippen molar-refractivity contribution in [2.24, 2.45) is 0 Å². The third-order valence-electron chi connectivity index (χ3n) is 6.29. The van der Waals surface area contributed by atoms with Gasteiger partial charge in [-0.3, -0.25) is 0 Å². The van der Waals surface area contributed by atoms with Crippen LogP contribution in [0.2, 0.25) is 0 Å². The molecule has 0 heterocycles. The second kappa shape index (κ2) is 11.9. The summed E-state index contributed by atoms with van der Waals surface area (Å²) in [6.45, 7) is -2.06. The lowest BCUT2D eigenvalue weighted by Gasteiger charge is -2.39. The molecule has 0 atom stereocenters. The third-order valence-corrected chi connectivity index (χ3v) is 6.29. The van der Waals surface area contributed by atoms with Crippen molar-refractivity contribution in [2.45, 2.75) is 84.7 Å². The molecule has 0 fully saturated rings. The van der Waals surface area contributed by atoms with Gasteiger partial charge in [0.05, 0.1) is 6.61 Å². The van der Waals surface area contributed by atoms with Gasteiger partial charge in [-0.1, -0.05) is 0 Å². The highest BCUT2D eigenvalue weighted by Crippen LogP contribution is 2.63. The van der Waals surface area contributed by atoms with E-state index in [1.165, 1.54) is 0 Å². The Balaban J connectivity index is 4.77. The van der Waals surface area contributed by atoms with Crippen molar-refractivity contribution in [3.8, 4) is 0 Å². The fourth-order valence-electron chi connectivity index (χ4n) is 3.58. The summed E-state index contributed by atoms with van der Waals surface area (Å²) in [6.07, 6.45) is -28.4. The summed E-state index contributed by atoms with van der Waals surface area (Å²) in [4.78, 5) is 0. The van der Waals surface area contributed by atoms with Crippen LogP contribution in [0.3, 0.4) is 0 Å². The lowest BCUT2D eigenvalue weighted by molar-refractivity contribution is -0.401. The van der Waals surface area contributed by atoms with E-state index in [1.54, 1.807) is 0 Å². The van der Waals surface area contributed by atoms with Crippen molar-refractivity contribution in [2.75, 3.05) is 6.61 Å². The normalized spacial score (nSPS) is 16.0. The van der Waals surface area contributed by atoms with Gasteiger partial charge in [-0.05, 0) is 30.5 Å². The standard InChI is InChI=1S/C21H8F27O/c22-10(23,13(28,29)16(34,35)19(40,41)42)6-4-8(11(24,25)14(30,31)17(36,37)20(43,44)45)7(2-1-3-49)9(5-6)12(26,27)15(32,33)18(38,39)21(46,47)48/h4-5H,1-3H2. The fraction of sp³-hybridized carbons (Fsp3) is 0.714. The van der Waals surface area contributed by atoms with E-state index in [-0.39, 0.29) is 0 Å². The van der Waals surface area contributed by atoms with Crippen LogP contribution in [0.5, 0.6) is 0 Å². The highest BCUT2D eigenvalue weighted by molar-refractivity contribution is 5.48. The first-order chi connectivity index (χ1) is 21.0. The molecule has 28 heteroatoms. The molecule has 0 aliphatic heterocycles. The lowest BCUT2D eigenvalue weighted by Crippen LogP contribution is -2.61. The molecule has 1 nitrogen and oxygen atoms in total. The van der Waals surface area contributed by atoms with Gasteiger partial charge in [0.2, 0.25) is 0 Å². The summed E-state index contributed by atoms with van der Waals surface area (Å²) in [5.74, 6) is -73.8.